The highest BCUT2D eigenvalue weighted by molar-refractivity contribution is 9.10. The largest absolute Gasteiger partial charge is 0.456 e. The third-order valence-electron chi connectivity index (χ3n) is 4.50. The number of benzene rings is 2. The van der Waals surface area contributed by atoms with E-state index in [1.54, 1.807) is 17.0 Å². The van der Waals surface area contributed by atoms with Crippen molar-refractivity contribution in [1.29, 1.82) is 0 Å². The molecule has 27 heavy (non-hydrogen) atoms. The lowest BCUT2D eigenvalue weighted by Gasteiger charge is -2.15. The van der Waals surface area contributed by atoms with E-state index in [1.165, 1.54) is 0 Å². The predicted molar refractivity (Wildman–Crippen MR) is 108 cm³/mol. The highest BCUT2D eigenvalue weighted by Crippen LogP contribution is 2.39. The molecule has 0 radical (unpaired) electrons. The monoisotopic (exact) mass is 421 g/mol. The Bertz CT molecular complexity index is 1060. The minimum atomic E-state index is -0.0810. The van der Waals surface area contributed by atoms with Gasteiger partial charge in [0.25, 0.3) is 5.91 Å². The summed E-state index contributed by atoms with van der Waals surface area (Å²) in [5.41, 5.74) is 4.45. The minimum absolute atomic E-state index is 0.0810. The van der Waals surface area contributed by atoms with Gasteiger partial charge < -0.3 is 9.32 Å². The fraction of sp³-hybridized carbons (Fsp3) is 0.0909. The first-order valence-corrected chi connectivity index (χ1v) is 9.28. The standard InChI is InChI=1S/C22H16BrNO3/c1-14-2-9-21-19(10-14)20(11-15-3-5-16(23)6-4-15)22(26)24(21)12-17-7-8-18(13-25)27-17/h2-11,13H,12H2,1H3/b20-11+. The van der Waals surface area contributed by atoms with Crippen LogP contribution in [0.2, 0.25) is 0 Å². The molecule has 0 bridgehead atoms. The maximum Gasteiger partial charge on any atom is 0.259 e. The number of fused-ring (bicyclic) bond motifs is 1. The number of anilines is 1. The maximum absolute atomic E-state index is 13.2. The molecule has 3 aromatic rings. The predicted octanol–water partition coefficient (Wildman–Crippen LogP) is 5.25. The van der Waals surface area contributed by atoms with Crippen LogP contribution < -0.4 is 4.90 Å². The number of hydrogen-bond acceptors (Lipinski definition) is 3. The molecule has 1 aromatic heterocycles. The van der Waals surface area contributed by atoms with Gasteiger partial charge in [0.15, 0.2) is 12.0 Å². The van der Waals surface area contributed by atoms with Crippen molar-refractivity contribution in [2.24, 2.45) is 0 Å². The van der Waals surface area contributed by atoms with Crippen molar-refractivity contribution in [3.05, 3.63) is 87.3 Å². The molecule has 1 amide bonds. The van der Waals surface area contributed by atoms with Crippen LogP contribution in [-0.2, 0) is 11.3 Å². The summed E-state index contributed by atoms with van der Waals surface area (Å²) in [4.78, 5) is 25.7. The van der Waals surface area contributed by atoms with E-state index in [0.29, 0.717) is 17.6 Å². The molecule has 2 heterocycles. The number of rotatable bonds is 4. The summed E-state index contributed by atoms with van der Waals surface area (Å²) in [6.07, 6.45) is 2.57. The first-order valence-electron chi connectivity index (χ1n) is 8.49. The van der Waals surface area contributed by atoms with Crippen molar-refractivity contribution in [3.8, 4) is 0 Å². The summed E-state index contributed by atoms with van der Waals surface area (Å²) in [5, 5.41) is 0. The zero-order valence-electron chi connectivity index (χ0n) is 14.6. The molecule has 0 atom stereocenters. The molecule has 4 nitrogen and oxygen atoms in total. The quantitative estimate of drug-likeness (QED) is 0.426. The average molecular weight is 422 g/mol. The van der Waals surface area contributed by atoms with E-state index < -0.39 is 0 Å². The Labute approximate surface area is 165 Å². The lowest BCUT2D eigenvalue weighted by atomic mass is 10.0. The topological polar surface area (TPSA) is 50.5 Å². The number of halogens is 1. The number of carbonyl (C=O) groups is 2. The van der Waals surface area contributed by atoms with E-state index >= 15 is 0 Å². The zero-order valence-corrected chi connectivity index (χ0v) is 16.2. The molecular weight excluding hydrogens is 406 g/mol. The Morgan fingerprint density at radius 2 is 1.85 bits per heavy atom. The van der Waals surface area contributed by atoms with E-state index in [2.05, 4.69) is 15.9 Å². The first kappa shape index (κ1) is 17.5. The van der Waals surface area contributed by atoms with E-state index in [-0.39, 0.29) is 18.2 Å². The SMILES string of the molecule is Cc1ccc2c(c1)/C(=C\c1ccc(Br)cc1)C(=O)N2Cc1ccc(C=O)o1. The third-order valence-corrected chi connectivity index (χ3v) is 5.03. The molecule has 4 rings (SSSR count). The first-order chi connectivity index (χ1) is 13.0. The van der Waals surface area contributed by atoms with Crippen LogP contribution in [0, 0.1) is 6.92 Å². The molecule has 2 aromatic carbocycles. The normalized spacial score (nSPS) is 14.7. The van der Waals surface area contributed by atoms with Gasteiger partial charge in [0, 0.05) is 15.6 Å². The van der Waals surface area contributed by atoms with Crippen molar-refractivity contribution < 1.29 is 14.0 Å². The van der Waals surface area contributed by atoms with Gasteiger partial charge in [0.1, 0.15) is 5.76 Å². The summed E-state index contributed by atoms with van der Waals surface area (Å²) in [7, 11) is 0. The number of amides is 1. The van der Waals surface area contributed by atoms with Crippen molar-refractivity contribution >= 4 is 45.5 Å². The molecule has 0 spiro atoms. The minimum Gasteiger partial charge on any atom is -0.456 e. The Morgan fingerprint density at radius 1 is 1.07 bits per heavy atom. The van der Waals surface area contributed by atoms with Gasteiger partial charge in [-0.2, -0.15) is 0 Å². The number of aldehydes is 1. The van der Waals surface area contributed by atoms with Gasteiger partial charge in [0.05, 0.1) is 12.2 Å². The summed E-state index contributed by atoms with van der Waals surface area (Å²) in [5.74, 6) is 0.746. The van der Waals surface area contributed by atoms with Crippen LogP contribution in [-0.4, -0.2) is 12.2 Å². The fourth-order valence-electron chi connectivity index (χ4n) is 3.19. The van der Waals surface area contributed by atoms with Crippen LogP contribution in [0.1, 0.15) is 33.0 Å². The molecule has 5 heteroatoms. The van der Waals surface area contributed by atoms with Crippen LogP contribution in [0.3, 0.4) is 0 Å². The molecular formula is C22H16BrNO3. The Kier molecular flexibility index (Phi) is 4.54. The second kappa shape index (κ2) is 7.00. The molecule has 1 aliphatic heterocycles. The van der Waals surface area contributed by atoms with Crippen molar-refractivity contribution in [1.82, 2.24) is 0 Å². The van der Waals surface area contributed by atoms with Gasteiger partial charge >= 0.3 is 0 Å². The number of furan rings is 1. The van der Waals surface area contributed by atoms with Crippen LogP contribution >= 0.6 is 15.9 Å². The summed E-state index contributed by atoms with van der Waals surface area (Å²) in [6, 6.07) is 17.1. The lowest BCUT2D eigenvalue weighted by Crippen LogP contribution is -2.25. The van der Waals surface area contributed by atoms with Gasteiger partial charge in [-0.1, -0.05) is 39.7 Å². The average Bonchev–Trinajstić information content (AvgIpc) is 3.22. The van der Waals surface area contributed by atoms with Gasteiger partial charge in [0.2, 0.25) is 0 Å². The van der Waals surface area contributed by atoms with Gasteiger partial charge in [-0.25, -0.2) is 0 Å². The summed E-state index contributed by atoms with van der Waals surface area (Å²) < 4.78 is 6.45. The van der Waals surface area contributed by atoms with E-state index in [1.807, 2.05) is 55.5 Å². The second-order valence-electron chi connectivity index (χ2n) is 6.44. The number of aryl methyl sites for hydroxylation is 1. The van der Waals surface area contributed by atoms with Crippen LogP contribution in [0.5, 0.6) is 0 Å². The van der Waals surface area contributed by atoms with Crippen molar-refractivity contribution in [2.45, 2.75) is 13.5 Å². The molecule has 0 unspecified atom stereocenters. The Hall–Kier alpha value is -2.92. The van der Waals surface area contributed by atoms with Gasteiger partial charge in [-0.15, -0.1) is 0 Å². The molecule has 0 saturated carbocycles. The highest BCUT2D eigenvalue weighted by atomic mass is 79.9. The van der Waals surface area contributed by atoms with Gasteiger partial charge in [-0.3, -0.25) is 9.59 Å². The molecule has 0 N–H and O–H groups in total. The fourth-order valence-corrected chi connectivity index (χ4v) is 3.46. The lowest BCUT2D eigenvalue weighted by molar-refractivity contribution is -0.113. The summed E-state index contributed by atoms with van der Waals surface area (Å²) in [6.45, 7) is 2.29. The second-order valence-corrected chi connectivity index (χ2v) is 7.36. The highest BCUT2D eigenvalue weighted by Gasteiger charge is 2.33. The van der Waals surface area contributed by atoms with Gasteiger partial charge in [-0.05, 0) is 55.0 Å². The molecule has 0 fully saturated rings. The molecule has 0 aliphatic carbocycles. The summed E-state index contributed by atoms with van der Waals surface area (Å²) >= 11 is 3.43. The van der Waals surface area contributed by atoms with E-state index in [4.69, 9.17) is 4.42 Å². The van der Waals surface area contributed by atoms with Crippen LogP contribution in [0.4, 0.5) is 5.69 Å². The van der Waals surface area contributed by atoms with E-state index in [9.17, 15) is 9.59 Å². The van der Waals surface area contributed by atoms with Crippen LogP contribution in [0.25, 0.3) is 11.6 Å². The number of carbonyl (C=O) groups excluding carboxylic acids is 2. The Balaban J connectivity index is 1.75. The molecule has 0 saturated heterocycles. The van der Waals surface area contributed by atoms with Crippen molar-refractivity contribution in [3.63, 3.8) is 0 Å². The zero-order chi connectivity index (χ0) is 19.0. The molecule has 134 valence electrons. The Morgan fingerprint density at radius 3 is 2.56 bits per heavy atom. The maximum atomic E-state index is 13.2. The molecule has 1 aliphatic rings. The van der Waals surface area contributed by atoms with E-state index in [0.717, 1.165) is 26.9 Å². The third kappa shape index (κ3) is 3.38. The number of hydrogen-bond donors (Lipinski definition) is 0. The van der Waals surface area contributed by atoms with Crippen LogP contribution in [0.15, 0.2) is 63.5 Å². The number of nitrogens with zero attached hydrogens (tertiary/aromatic N) is 1. The van der Waals surface area contributed by atoms with Crippen molar-refractivity contribution in [2.75, 3.05) is 4.90 Å². The smallest absolute Gasteiger partial charge is 0.259 e.